The van der Waals surface area contributed by atoms with E-state index in [1.807, 2.05) is 0 Å². The first-order valence-corrected chi connectivity index (χ1v) is 12.2. The van der Waals surface area contributed by atoms with Crippen molar-refractivity contribution in [2.24, 2.45) is 40.4 Å². The van der Waals surface area contributed by atoms with Gasteiger partial charge in [-0.3, -0.25) is 4.90 Å². The molecular formula is C24H39NO6. The fourth-order valence-electron chi connectivity index (χ4n) is 10.7. The predicted molar refractivity (Wildman–Crippen MR) is 112 cm³/mol. The Bertz CT molecular complexity index is 752. The number of likely N-dealkylation sites (tertiary alicyclic amines) is 1. The van der Waals surface area contributed by atoms with Crippen LogP contribution in [0.3, 0.4) is 0 Å². The molecule has 7 bridgehead atoms. The van der Waals surface area contributed by atoms with Crippen LogP contribution in [0.4, 0.5) is 0 Å². The summed E-state index contributed by atoms with van der Waals surface area (Å²) in [7, 11) is 5.24. The molecule has 5 saturated carbocycles. The molecule has 5 aliphatic carbocycles. The van der Waals surface area contributed by atoms with Crippen molar-refractivity contribution < 1.29 is 29.5 Å². The molecule has 0 radical (unpaired) electrons. The minimum absolute atomic E-state index is 0.0248. The largest absolute Gasteiger partial charge is 0.392 e. The molecular weight excluding hydrogens is 398 g/mol. The number of hydrogen-bond acceptors (Lipinski definition) is 7. The summed E-state index contributed by atoms with van der Waals surface area (Å²) in [5.41, 5.74) is -1.54. The molecule has 0 aromatic heterocycles. The quantitative estimate of drug-likeness (QED) is 0.577. The van der Waals surface area contributed by atoms with Crippen LogP contribution in [0.25, 0.3) is 0 Å². The van der Waals surface area contributed by atoms with Crippen molar-refractivity contribution in [3.8, 4) is 0 Å². The summed E-state index contributed by atoms with van der Waals surface area (Å²) in [4.78, 5) is 2.52. The molecule has 6 fully saturated rings. The van der Waals surface area contributed by atoms with Crippen molar-refractivity contribution in [3.05, 3.63) is 0 Å². The molecule has 7 heteroatoms. The Morgan fingerprint density at radius 2 is 1.87 bits per heavy atom. The normalized spacial score (nSPS) is 61.6. The molecule has 7 nitrogen and oxygen atoms in total. The van der Waals surface area contributed by atoms with Gasteiger partial charge in [-0.15, -0.1) is 0 Å². The first-order chi connectivity index (χ1) is 14.9. The molecule has 0 unspecified atom stereocenters. The number of nitrogens with zero attached hydrogens (tertiary/aromatic N) is 1. The van der Waals surface area contributed by atoms with Crippen LogP contribution in [0.5, 0.6) is 0 Å². The minimum atomic E-state index is -1.05. The Hall–Kier alpha value is -0.280. The first kappa shape index (κ1) is 21.3. The lowest BCUT2D eigenvalue weighted by atomic mass is 9.43. The molecule has 0 aromatic carbocycles. The summed E-state index contributed by atoms with van der Waals surface area (Å²) in [6, 6.07) is 0.0561. The van der Waals surface area contributed by atoms with Gasteiger partial charge >= 0.3 is 0 Å². The second-order valence-corrected chi connectivity index (χ2v) is 11.6. The lowest BCUT2D eigenvalue weighted by Gasteiger charge is -2.68. The molecule has 0 aromatic rings. The van der Waals surface area contributed by atoms with Crippen molar-refractivity contribution in [2.45, 2.75) is 68.7 Å². The molecule has 1 heterocycles. The second kappa shape index (κ2) is 6.65. The van der Waals surface area contributed by atoms with Gasteiger partial charge < -0.3 is 29.5 Å². The first-order valence-electron chi connectivity index (χ1n) is 12.2. The lowest BCUT2D eigenvalue weighted by Crippen LogP contribution is -2.76. The van der Waals surface area contributed by atoms with Gasteiger partial charge in [0.25, 0.3) is 0 Å². The molecule has 1 saturated heterocycles. The number of aliphatic hydroxyl groups excluding tert-OH is 2. The highest BCUT2D eigenvalue weighted by Crippen LogP contribution is 2.79. The third kappa shape index (κ3) is 2.12. The zero-order chi connectivity index (χ0) is 21.9. The topological polar surface area (TPSA) is 91.6 Å². The number of piperidine rings is 1. The van der Waals surface area contributed by atoms with E-state index in [9.17, 15) is 15.3 Å². The van der Waals surface area contributed by atoms with Gasteiger partial charge in [0.15, 0.2) is 0 Å². The third-order valence-electron chi connectivity index (χ3n) is 11.1. The summed E-state index contributed by atoms with van der Waals surface area (Å²) < 4.78 is 18.0. The number of rotatable bonds is 5. The number of aliphatic hydroxyl groups is 3. The van der Waals surface area contributed by atoms with Gasteiger partial charge in [0.05, 0.1) is 36.6 Å². The van der Waals surface area contributed by atoms with Crippen LogP contribution in [0.15, 0.2) is 0 Å². The van der Waals surface area contributed by atoms with Gasteiger partial charge in [0.2, 0.25) is 0 Å². The highest BCUT2D eigenvalue weighted by Gasteiger charge is 2.86. The van der Waals surface area contributed by atoms with Crippen LogP contribution in [-0.2, 0) is 14.2 Å². The molecule has 13 atom stereocenters. The van der Waals surface area contributed by atoms with E-state index in [-0.39, 0.29) is 58.7 Å². The fraction of sp³-hybridized carbons (Fsp3) is 1.00. The molecule has 6 aliphatic rings. The van der Waals surface area contributed by atoms with Crippen LogP contribution in [-0.4, -0.2) is 97.3 Å². The Kier molecular flexibility index (Phi) is 4.56. The van der Waals surface area contributed by atoms with E-state index in [1.54, 1.807) is 21.3 Å². The highest BCUT2D eigenvalue weighted by molar-refractivity contribution is 5.35. The summed E-state index contributed by atoms with van der Waals surface area (Å²) in [6.07, 6.45) is 1.65. The van der Waals surface area contributed by atoms with Crippen molar-refractivity contribution >= 4 is 0 Å². The van der Waals surface area contributed by atoms with Gasteiger partial charge in [-0.1, -0.05) is 6.92 Å². The molecule has 6 rings (SSSR count). The van der Waals surface area contributed by atoms with E-state index in [0.717, 1.165) is 32.4 Å². The maximum absolute atomic E-state index is 12.5. The molecule has 31 heavy (non-hydrogen) atoms. The Labute approximate surface area is 185 Å². The van der Waals surface area contributed by atoms with Gasteiger partial charge in [0.1, 0.15) is 0 Å². The molecule has 3 N–H and O–H groups in total. The van der Waals surface area contributed by atoms with Crippen LogP contribution < -0.4 is 0 Å². The van der Waals surface area contributed by atoms with E-state index in [0.29, 0.717) is 13.0 Å². The standard InChI is InChI=1S/C24H39NO6/c1-5-25-10-22(11-29-2)7-6-15(26)24-13-8-12-14(30-3)9-23(28,16(13)18(12)27)17(21(24)25)19(31-4)20(22)24/h12-21,26-28H,5-11H2,1-4H3/t12-,13+,14+,15-,16+,17-,18+,19+,20-,21+,22+,23-,24-/m0/s1. The monoisotopic (exact) mass is 437 g/mol. The number of fused-ring (bicyclic) bond motifs is 2. The van der Waals surface area contributed by atoms with Crippen LogP contribution in [0.2, 0.25) is 0 Å². The predicted octanol–water partition coefficient (Wildman–Crippen LogP) is 0.502. The van der Waals surface area contributed by atoms with Crippen molar-refractivity contribution in [2.75, 3.05) is 41.0 Å². The van der Waals surface area contributed by atoms with Crippen LogP contribution >= 0.6 is 0 Å². The maximum atomic E-state index is 12.5. The maximum Gasteiger partial charge on any atom is 0.0796 e. The van der Waals surface area contributed by atoms with Gasteiger partial charge in [-0.25, -0.2) is 0 Å². The average Bonchev–Trinajstić information content (AvgIpc) is 3.16. The lowest BCUT2D eigenvalue weighted by molar-refractivity contribution is -0.272. The summed E-state index contributed by atoms with van der Waals surface area (Å²) in [6.45, 7) is 4.63. The van der Waals surface area contributed by atoms with E-state index in [2.05, 4.69) is 11.8 Å². The summed E-state index contributed by atoms with van der Waals surface area (Å²) in [5, 5.41) is 35.7. The van der Waals surface area contributed by atoms with Crippen molar-refractivity contribution in [1.29, 1.82) is 0 Å². The van der Waals surface area contributed by atoms with E-state index in [1.165, 1.54) is 0 Å². The molecule has 0 amide bonds. The zero-order valence-electron chi connectivity index (χ0n) is 19.2. The second-order valence-electron chi connectivity index (χ2n) is 11.6. The van der Waals surface area contributed by atoms with Gasteiger partial charge in [0, 0.05) is 74.8 Å². The van der Waals surface area contributed by atoms with Crippen molar-refractivity contribution in [1.82, 2.24) is 4.90 Å². The van der Waals surface area contributed by atoms with Crippen LogP contribution in [0, 0.1) is 40.4 Å². The smallest absolute Gasteiger partial charge is 0.0796 e. The third-order valence-corrected chi connectivity index (χ3v) is 11.1. The number of hydrogen-bond donors (Lipinski definition) is 3. The summed E-state index contributed by atoms with van der Waals surface area (Å²) in [5.74, 6) is -0.168. The van der Waals surface area contributed by atoms with Crippen molar-refractivity contribution in [3.63, 3.8) is 0 Å². The Morgan fingerprint density at radius 1 is 1.10 bits per heavy atom. The molecule has 1 aliphatic heterocycles. The fourth-order valence-corrected chi connectivity index (χ4v) is 10.7. The zero-order valence-corrected chi connectivity index (χ0v) is 19.2. The molecule has 1 spiro atoms. The average molecular weight is 438 g/mol. The van der Waals surface area contributed by atoms with E-state index < -0.39 is 17.8 Å². The Balaban J connectivity index is 1.62. The number of ether oxygens (including phenoxy) is 3. The minimum Gasteiger partial charge on any atom is -0.392 e. The summed E-state index contributed by atoms with van der Waals surface area (Å²) >= 11 is 0. The van der Waals surface area contributed by atoms with E-state index >= 15 is 0 Å². The van der Waals surface area contributed by atoms with Gasteiger partial charge in [-0.2, -0.15) is 0 Å². The SMILES string of the molecule is CCN1C[C@@]2(COC)CC[C@H](O)[C@@]34[C@@H]5C[C@@H]6[C@@H](O)[C@@H]5[C@@](O)(C[C@H]6OC)[C@@H]([C@@H](OC)[C@@H]23)[C@@H]14. The Morgan fingerprint density at radius 3 is 2.52 bits per heavy atom. The molecule has 176 valence electrons. The van der Waals surface area contributed by atoms with Crippen LogP contribution in [0.1, 0.15) is 32.6 Å². The van der Waals surface area contributed by atoms with E-state index in [4.69, 9.17) is 14.2 Å². The highest BCUT2D eigenvalue weighted by atomic mass is 16.5. The van der Waals surface area contributed by atoms with Gasteiger partial charge in [-0.05, 0) is 31.7 Å². The number of methoxy groups -OCH3 is 3.